The number of nitrogens with one attached hydrogen (secondary N) is 2. The number of amides is 2. The minimum Gasteiger partial charge on any atom is -0.497 e. The highest BCUT2D eigenvalue weighted by Crippen LogP contribution is 2.30. The number of carbonyl (C=O) groups is 2. The molecule has 1 unspecified atom stereocenters. The van der Waals surface area contributed by atoms with Crippen molar-refractivity contribution in [1.82, 2.24) is 10.7 Å². The van der Waals surface area contributed by atoms with Gasteiger partial charge in [0.1, 0.15) is 18.4 Å². The molecule has 1 atom stereocenters. The predicted octanol–water partition coefficient (Wildman–Crippen LogP) is 5.18. The maximum absolute atomic E-state index is 12.4. The number of nitrogens with zero attached hydrogens (tertiary/aromatic N) is 1. The van der Waals surface area contributed by atoms with E-state index in [-0.39, 0.29) is 18.9 Å². The molecule has 8 nitrogen and oxygen atoms in total. The van der Waals surface area contributed by atoms with Gasteiger partial charge in [-0.2, -0.15) is 5.10 Å². The van der Waals surface area contributed by atoms with Gasteiger partial charge < -0.3 is 19.5 Å². The van der Waals surface area contributed by atoms with Crippen molar-refractivity contribution in [3.8, 4) is 17.2 Å². The first-order valence-corrected chi connectivity index (χ1v) is 12.6. The largest absolute Gasteiger partial charge is 0.497 e. The first-order valence-electron chi connectivity index (χ1n) is 11.9. The van der Waals surface area contributed by atoms with Crippen molar-refractivity contribution in [2.45, 2.75) is 32.9 Å². The van der Waals surface area contributed by atoms with Crippen molar-refractivity contribution in [2.24, 2.45) is 5.10 Å². The lowest BCUT2D eigenvalue weighted by molar-refractivity contribution is -0.128. The number of hydrogen-bond acceptors (Lipinski definition) is 6. The average Bonchev–Trinajstić information content (AvgIpc) is 2.89. The van der Waals surface area contributed by atoms with Crippen molar-refractivity contribution in [1.29, 1.82) is 0 Å². The summed E-state index contributed by atoms with van der Waals surface area (Å²) in [5, 5.41) is 7.73. The molecule has 0 saturated carbocycles. The Labute approximate surface area is 231 Å². The van der Waals surface area contributed by atoms with Gasteiger partial charge in [0, 0.05) is 15.6 Å². The molecule has 0 saturated heterocycles. The highest BCUT2D eigenvalue weighted by Gasteiger charge is 2.15. The van der Waals surface area contributed by atoms with Gasteiger partial charge in [-0.1, -0.05) is 41.4 Å². The van der Waals surface area contributed by atoms with E-state index >= 15 is 0 Å². The Morgan fingerprint density at radius 2 is 1.76 bits per heavy atom. The van der Waals surface area contributed by atoms with Gasteiger partial charge in [-0.25, -0.2) is 5.43 Å². The van der Waals surface area contributed by atoms with Crippen LogP contribution in [-0.4, -0.2) is 37.8 Å². The zero-order valence-corrected chi connectivity index (χ0v) is 22.8. The number of methoxy groups -OCH3 is 1. The summed E-state index contributed by atoms with van der Waals surface area (Å²) in [6.07, 6.45) is 1.62. The Morgan fingerprint density at radius 3 is 2.45 bits per heavy atom. The molecule has 0 aromatic heterocycles. The molecule has 0 fully saturated rings. The summed E-state index contributed by atoms with van der Waals surface area (Å²) in [5.74, 6) is 1.03. The van der Waals surface area contributed by atoms with Crippen LogP contribution in [0.15, 0.2) is 65.8 Å². The van der Waals surface area contributed by atoms with Gasteiger partial charge >= 0.3 is 0 Å². The quantitative estimate of drug-likeness (QED) is 0.236. The maximum Gasteiger partial charge on any atom is 0.262 e. The summed E-state index contributed by atoms with van der Waals surface area (Å²) in [5.41, 5.74) is 4.72. The summed E-state index contributed by atoms with van der Waals surface area (Å²) in [4.78, 5) is 24.7. The van der Waals surface area contributed by atoms with Gasteiger partial charge in [-0.05, 0) is 67.4 Å². The van der Waals surface area contributed by atoms with E-state index in [1.54, 1.807) is 74.7 Å². The molecule has 38 heavy (non-hydrogen) atoms. The molecular weight excluding hydrogens is 529 g/mol. The number of halogens is 2. The first kappa shape index (κ1) is 28.8. The summed E-state index contributed by atoms with van der Waals surface area (Å²) >= 11 is 12.2. The fourth-order valence-corrected chi connectivity index (χ4v) is 3.80. The SMILES string of the molecule is CCOc1cc(C=NNC(=O)C(C)NC(=O)Cc2ccc(OC)cc2)ccc1OCc1ccc(Cl)cc1Cl. The Hall–Kier alpha value is -3.75. The third kappa shape index (κ3) is 8.68. The van der Waals surface area contributed by atoms with Crippen molar-refractivity contribution in [2.75, 3.05) is 13.7 Å². The Balaban J connectivity index is 1.53. The van der Waals surface area contributed by atoms with E-state index in [9.17, 15) is 9.59 Å². The van der Waals surface area contributed by atoms with Crippen molar-refractivity contribution >= 4 is 41.2 Å². The third-order valence-electron chi connectivity index (χ3n) is 5.35. The van der Waals surface area contributed by atoms with Crippen molar-refractivity contribution < 1.29 is 23.8 Å². The lowest BCUT2D eigenvalue weighted by atomic mass is 10.1. The highest BCUT2D eigenvalue weighted by molar-refractivity contribution is 6.35. The van der Waals surface area contributed by atoms with E-state index in [1.165, 1.54) is 6.21 Å². The summed E-state index contributed by atoms with van der Waals surface area (Å²) in [6, 6.07) is 16.9. The molecule has 0 bridgehead atoms. The molecule has 0 aliphatic rings. The Bertz CT molecular complexity index is 1280. The van der Waals surface area contributed by atoms with Crippen LogP contribution >= 0.6 is 23.2 Å². The fraction of sp³-hybridized carbons (Fsp3) is 0.250. The van der Waals surface area contributed by atoms with Gasteiger partial charge in [0.05, 0.1) is 26.4 Å². The second-order valence-corrected chi connectivity index (χ2v) is 9.06. The van der Waals surface area contributed by atoms with E-state index in [1.807, 2.05) is 6.92 Å². The van der Waals surface area contributed by atoms with Crippen LogP contribution in [0, 0.1) is 0 Å². The number of hydrazone groups is 1. The molecule has 2 N–H and O–H groups in total. The van der Waals surface area contributed by atoms with Gasteiger partial charge in [0.25, 0.3) is 5.91 Å². The number of rotatable bonds is 12. The summed E-state index contributed by atoms with van der Waals surface area (Å²) < 4.78 is 16.7. The smallest absolute Gasteiger partial charge is 0.262 e. The fourth-order valence-electron chi connectivity index (χ4n) is 3.34. The van der Waals surface area contributed by atoms with Crippen molar-refractivity contribution in [3.63, 3.8) is 0 Å². The van der Waals surface area contributed by atoms with Crippen LogP contribution in [-0.2, 0) is 22.6 Å². The number of carbonyl (C=O) groups excluding carboxylic acids is 2. The zero-order valence-electron chi connectivity index (χ0n) is 21.3. The normalized spacial score (nSPS) is 11.6. The molecule has 200 valence electrons. The minimum atomic E-state index is -0.771. The van der Waals surface area contributed by atoms with Crippen molar-refractivity contribution in [3.05, 3.63) is 87.4 Å². The van der Waals surface area contributed by atoms with Crippen LogP contribution in [0.4, 0.5) is 0 Å². The number of ether oxygens (including phenoxy) is 3. The summed E-state index contributed by atoms with van der Waals surface area (Å²) in [7, 11) is 1.58. The second kappa shape index (κ2) is 14.3. The predicted molar refractivity (Wildman–Crippen MR) is 148 cm³/mol. The minimum absolute atomic E-state index is 0.143. The standard InChI is InChI=1S/C28H29Cl2N3O5/c1-4-37-26-13-20(7-12-25(26)38-17-21-8-9-22(29)15-24(21)30)16-31-33-28(35)18(2)32-27(34)14-19-5-10-23(36-3)11-6-19/h5-13,15-16,18H,4,14,17H2,1-3H3,(H,32,34)(H,33,35). The van der Waals surface area contributed by atoms with Crippen LogP contribution in [0.25, 0.3) is 0 Å². The molecule has 0 spiro atoms. The molecule has 3 aromatic carbocycles. The molecule has 3 aromatic rings. The van der Waals surface area contributed by atoms with Gasteiger partial charge in [0.15, 0.2) is 11.5 Å². The van der Waals surface area contributed by atoms with E-state index < -0.39 is 11.9 Å². The van der Waals surface area contributed by atoms with Gasteiger partial charge in [-0.3, -0.25) is 9.59 Å². The molecule has 0 heterocycles. The van der Waals surface area contributed by atoms with Crippen LogP contribution in [0.1, 0.15) is 30.5 Å². The second-order valence-electron chi connectivity index (χ2n) is 8.21. The molecule has 3 rings (SSSR count). The molecular formula is C28H29Cl2N3O5. The van der Waals surface area contributed by atoms with Gasteiger partial charge in [-0.15, -0.1) is 0 Å². The lowest BCUT2D eigenvalue weighted by Gasteiger charge is -2.14. The van der Waals surface area contributed by atoms with Gasteiger partial charge in [0.2, 0.25) is 5.91 Å². The third-order valence-corrected chi connectivity index (χ3v) is 5.94. The van der Waals surface area contributed by atoms with Crippen LogP contribution in [0.3, 0.4) is 0 Å². The van der Waals surface area contributed by atoms with Crippen LogP contribution in [0.5, 0.6) is 17.2 Å². The zero-order chi connectivity index (χ0) is 27.5. The number of benzene rings is 3. The van der Waals surface area contributed by atoms with Crippen LogP contribution in [0.2, 0.25) is 10.0 Å². The molecule has 0 aliphatic heterocycles. The Morgan fingerprint density at radius 1 is 1.00 bits per heavy atom. The topological polar surface area (TPSA) is 98.2 Å². The number of hydrogen-bond donors (Lipinski definition) is 2. The van der Waals surface area contributed by atoms with E-state index in [2.05, 4.69) is 15.8 Å². The average molecular weight is 558 g/mol. The molecule has 10 heteroatoms. The maximum atomic E-state index is 12.4. The van der Waals surface area contributed by atoms with Crippen LogP contribution < -0.4 is 25.0 Å². The highest BCUT2D eigenvalue weighted by atomic mass is 35.5. The lowest BCUT2D eigenvalue weighted by Crippen LogP contribution is -2.43. The molecule has 0 aliphatic carbocycles. The van der Waals surface area contributed by atoms with E-state index in [0.717, 1.165) is 11.1 Å². The first-order chi connectivity index (χ1) is 18.3. The summed E-state index contributed by atoms with van der Waals surface area (Å²) in [6.45, 7) is 4.12. The van der Waals surface area contributed by atoms with E-state index in [4.69, 9.17) is 37.4 Å². The molecule has 0 radical (unpaired) electrons. The monoisotopic (exact) mass is 557 g/mol. The van der Waals surface area contributed by atoms with E-state index in [0.29, 0.717) is 39.5 Å². The molecule has 2 amide bonds. The Kier molecular flexibility index (Phi) is 10.8.